The van der Waals surface area contributed by atoms with Gasteiger partial charge in [0.1, 0.15) is 0 Å². The van der Waals surface area contributed by atoms with Crippen molar-refractivity contribution in [3.8, 4) is 0 Å². The topological polar surface area (TPSA) is 46.4 Å². The highest BCUT2D eigenvalue weighted by Gasteiger charge is 2.08. The zero-order valence-electron chi connectivity index (χ0n) is 11.2. The van der Waals surface area contributed by atoms with E-state index in [9.17, 15) is 4.79 Å². The monoisotopic (exact) mass is 317 g/mol. The van der Waals surface area contributed by atoms with E-state index in [0.29, 0.717) is 10.6 Å². The number of rotatable bonds is 2. The normalized spacial score (nSPS) is 11.8. The molecule has 3 rings (SSSR count). The molecule has 106 valence electrons. The van der Waals surface area contributed by atoms with Crippen LogP contribution in [0.5, 0.6) is 0 Å². The molecule has 4 nitrogen and oxygen atoms in total. The Labute approximate surface area is 130 Å². The van der Waals surface area contributed by atoms with Gasteiger partial charge in [0.15, 0.2) is 0 Å². The fraction of sp³-hybridized carbons (Fsp3) is 0.0667. The third-order valence-electron chi connectivity index (χ3n) is 3.09. The third-order valence-corrected chi connectivity index (χ3v) is 4.53. The maximum atomic E-state index is 12.1. The van der Waals surface area contributed by atoms with Gasteiger partial charge in [0.25, 0.3) is 5.91 Å². The molecular formula is C15H12ClN3OS. The highest BCUT2D eigenvalue weighted by molar-refractivity contribution is 7.16. The lowest BCUT2D eigenvalue weighted by Gasteiger charge is -2.01. The van der Waals surface area contributed by atoms with E-state index in [1.54, 1.807) is 24.3 Å². The van der Waals surface area contributed by atoms with Crippen LogP contribution in [0.3, 0.4) is 0 Å². The van der Waals surface area contributed by atoms with Crippen LogP contribution >= 0.6 is 22.9 Å². The number of benzene rings is 2. The van der Waals surface area contributed by atoms with Crippen LogP contribution in [0.2, 0.25) is 5.02 Å². The first-order valence-corrected chi connectivity index (χ1v) is 7.49. The molecule has 1 heterocycles. The molecule has 0 bridgehead atoms. The van der Waals surface area contributed by atoms with E-state index in [0.717, 1.165) is 15.0 Å². The first-order chi connectivity index (χ1) is 10.2. The molecule has 2 aromatic carbocycles. The number of carbonyl (C=O) groups is 1. The van der Waals surface area contributed by atoms with Gasteiger partial charge in [0.05, 0.1) is 20.8 Å². The molecule has 0 aliphatic rings. The molecule has 0 radical (unpaired) electrons. The number of aryl methyl sites for hydroxylation is 1. The van der Waals surface area contributed by atoms with Crippen molar-refractivity contribution in [1.82, 2.24) is 9.99 Å². The molecule has 3 aromatic rings. The fourth-order valence-electron chi connectivity index (χ4n) is 1.99. The summed E-state index contributed by atoms with van der Waals surface area (Å²) in [4.78, 5) is 12.8. The molecule has 1 aromatic heterocycles. The van der Waals surface area contributed by atoms with E-state index in [1.807, 2.05) is 35.9 Å². The first-order valence-electron chi connectivity index (χ1n) is 6.30. The quantitative estimate of drug-likeness (QED) is 0.725. The molecule has 0 saturated heterocycles. The number of aromatic nitrogens is 1. The second-order valence-corrected chi connectivity index (χ2v) is 5.86. The Morgan fingerprint density at radius 1 is 1.19 bits per heavy atom. The minimum Gasteiger partial charge on any atom is -0.318 e. The largest absolute Gasteiger partial charge is 0.318 e. The van der Waals surface area contributed by atoms with Crippen LogP contribution in [0.15, 0.2) is 53.6 Å². The molecule has 0 aliphatic carbocycles. The summed E-state index contributed by atoms with van der Waals surface area (Å²) in [6.07, 6.45) is 0. The fourth-order valence-corrected chi connectivity index (χ4v) is 3.19. The molecule has 6 heteroatoms. The summed E-state index contributed by atoms with van der Waals surface area (Å²) >= 11 is 7.51. The second kappa shape index (κ2) is 5.71. The van der Waals surface area contributed by atoms with Gasteiger partial charge in [-0.1, -0.05) is 47.2 Å². The van der Waals surface area contributed by atoms with Crippen molar-refractivity contribution in [1.29, 1.82) is 0 Å². The van der Waals surface area contributed by atoms with Crippen molar-refractivity contribution in [2.75, 3.05) is 0 Å². The van der Waals surface area contributed by atoms with Gasteiger partial charge in [-0.15, -0.1) is 5.10 Å². The molecule has 0 saturated carbocycles. The molecule has 0 aliphatic heterocycles. The highest BCUT2D eigenvalue weighted by atomic mass is 35.5. The van der Waals surface area contributed by atoms with Crippen LogP contribution in [-0.4, -0.2) is 10.5 Å². The Morgan fingerprint density at radius 2 is 1.90 bits per heavy atom. The number of thiazole rings is 1. The number of para-hydroxylation sites is 1. The molecule has 0 unspecified atom stereocenters. The van der Waals surface area contributed by atoms with Gasteiger partial charge in [0, 0.05) is 7.05 Å². The van der Waals surface area contributed by atoms with Crippen LogP contribution in [0, 0.1) is 0 Å². The zero-order valence-corrected chi connectivity index (χ0v) is 12.8. The molecule has 0 fully saturated rings. The maximum absolute atomic E-state index is 12.1. The number of amides is 1. The van der Waals surface area contributed by atoms with Crippen LogP contribution in [0.25, 0.3) is 10.2 Å². The lowest BCUT2D eigenvalue weighted by Crippen LogP contribution is -2.23. The average Bonchev–Trinajstić information content (AvgIpc) is 2.82. The van der Waals surface area contributed by atoms with E-state index in [4.69, 9.17) is 11.6 Å². The van der Waals surface area contributed by atoms with Gasteiger partial charge >= 0.3 is 0 Å². The summed E-state index contributed by atoms with van der Waals surface area (Å²) in [5.74, 6) is -0.321. The lowest BCUT2D eigenvalue weighted by molar-refractivity contribution is 0.0953. The van der Waals surface area contributed by atoms with Crippen molar-refractivity contribution in [2.24, 2.45) is 12.1 Å². The molecule has 0 spiro atoms. The van der Waals surface area contributed by atoms with Crippen LogP contribution in [-0.2, 0) is 7.05 Å². The number of fused-ring (bicyclic) bond motifs is 1. The van der Waals surface area contributed by atoms with E-state index in [-0.39, 0.29) is 5.91 Å². The number of nitrogens with zero attached hydrogens (tertiary/aromatic N) is 2. The number of carbonyl (C=O) groups excluding carboxylic acids is 1. The molecule has 0 atom stereocenters. The Morgan fingerprint density at radius 3 is 2.67 bits per heavy atom. The summed E-state index contributed by atoms with van der Waals surface area (Å²) in [5.41, 5.74) is 4.04. The summed E-state index contributed by atoms with van der Waals surface area (Å²) in [7, 11) is 1.92. The Bertz CT molecular complexity index is 882. The molecule has 1 N–H and O–H groups in total. The van der Waals surface area contributed by atoms with Crippen molar-refractivity contribution in [3.63, 3.8) is 0 Å². The number of hydrogen-bond acceptors (Lipinski definition) is 3. The number of nitrogens with one attached hydrogen (secondary N) is 1. The van der Waals surface area contributed by atoms with Crippen molar-refractivity contribution in [3.05, 3.63) is 63.9 Å². The Balaban J connectivity index is 1.93. The molecular weight excluding hydrogens is 306 g/mol. The highest BCUT2D eigenvalue weighted by Crippen LogP contribution is 2.16. The lowest BCUT2D eigenvalue weighted by atomic mass is 10.2. The van der Waals surface area contributed by atoms with Crippen LogP contribution in [0.1, 0.15) is 10.4 Å². The summed E-state index contributed by atoms with van der Waals surface area (Å²) < 4.78 is 3.05. The SMILES string of the molecule is Cn1c(=NNC(=O)c2ccccc2Cl)sc2ccccc21. The minimum absolute atomic E-state index is 0.321. The predicted octanol–water partition coefficient (Wildman–Crippen LogP) is 3.14. The van der Waals surface area contributed by atoms with E-state index < -0.39 is 0 Å². The van der Waals surface area contributed by atoms with Crippen LogP contribution in [0.4, 0.5) is 0 Å². The van der Waals surface area contributed by atoms with E-state index >= 15 is 0 Å². The van der Waals surface area contributed by atoms with Crippen LogP contribution < -0.4 is 10.2 Å². The van der Waals surface area contributed by atoms with Gasteiger partial charge in [-0.3, -0.25) is 4.79 Å². The van der Waals surface area contributed by atoms with Crippen molar-refractivity contribution in [2.45, 2.75) is 0 Å². The zero-order chi connectivity index (χ0) is 14.8. The molecule has 1 amide bonds. The van der Waals surface area contributed by atoms with Gasteiger partial charge in [0.2, 0.25) is 4.80 Å². The smallest absolute Gasteiger partial charge is 0.272 e. The summed E-state index contributed by atoms with van der Waals surface area (Å²) in [6.45, 7) is 0. The number of halogens is 1. The van der Waals surface area contributed by atoms with Crippen molar-refractivity contribution >= 4 is 39.1 Å². The number of hydrogen-bond donors (Lipinski definition) is 1. The standard InChI is InChI=1S/C15H12ClN3OS/c1-19-12-8-4-5-9-13(12)21-15(19)18-17-14(20)10-6-2-3-7-11(10)16/h2-9H,1H3,(H,17,20). The first kappa shape index (κ1) is 13.9. The summed E-state index contributed by atoms with van der Waals surface area (Å²) in [6, 6.07) is 14.9. The summed E-state index contributed by atoms with van der Waals surface area (Å²) in [5, 5.41) is 4.59. The predicted molar refractivity (Wildman–Crippen MR) is 85.3 cm³/mol. The molecule has 21 heavy (non-hydrogen) atoms. The maximum Gasteiger partial charge on any atom is 0.272 e. The van der Waals surface area contributed by atoms with E-state index in [1.165, 1.54) is 11.3 Å². The van der Waals surface area contributed by atoms with Gasteiger partial charge in [-0.05, 0) is 24.3 Å². The Hall–Kier alpha value is -2.11. The van der Waals surface area contributed by atoms with Gasteiger partial charge in [-0.25, -0.2) is 5.43 Å². The average molecular weight is 318 g/mol. The van der Waals surface area contributed by atoms with Crippen molar-refractivity contribution < 1.29 is 4.79 Å². The Kier molecular flexibility index (Phi) is 3.77. The van der Waals surface area contributed by atoms with E-state index in [2.05, 4.69) is 10.5 Å². The van der Waals surface area contributed by atoms with Gasteiger partial charge in [-0.2, -0.15) is 0 Å². The van der Waals surface area contributed by atoms with Gasteiger partial charge < -0.3 is 4.57 Å². The third kappa shape index (κ3) is 2.70. The second-order valence-electron chi connectivity index (χ2n) is 4.44. The minimum atomic E-state index is -0.321.